The molecule has 0 fully saturated rings. The van der Waals surface area contributed by atoms with E-state index >= 15 is 0 Å². The van der Waals surface area contributed by atoms with Gasteiger partial charge in [-0.05, 0) is 6.92 Å². The van der Waals surface area contributed by atoms with E-state index < -0.39 is 5.97 Å². The van der Waals surface area contributed by atoms with Crippen LogP contribution in [0.25, 0.3) is 0 Å². The topological polar surface area (TPSA) is 70.4 Å². The number of thiazole rings is 1. The molecule has 0 aliphatic carbocycles. The molecule has 1 heterocycles. The largest absolute Gasteiger partial charge is 0.477 e. The molecule has 0 amide bonds. The smallest absolute Gasteiger partial charge is 0.347 e. The Balaban J connectivity index is 0.000000671. The summed E-state index contributed by atoms with van der Waals surface area (Å²) in [6, 6.07) is 0. The Bertz CT molecular complexity index is 283. The maximum absolute atomic E-state index is 10.5. The number of rotatable bonds is 2. The summed E-state index contributed by atoms with van der Waals surface area (Å²) in [5, 5.41) is 17.9. The molecule has 0 saturated carbocycles. The third-order valence-corrected chi connectivity index (χ3v) is 2.15. The van der Waals surface area contributed by atoms with Gasteiger partial charge >= 0.3 is 5.97 Å². The normalized spacial score (nSPS) is 8.92. The molecule has 0 atom stereocenters. The van der Waals surface area contributed by atoms with Gasteiger partial charge in [0, 0.05) is 0 Å². The van der Waals surface area contributed by atoms with Crippen LogP contribution < -0.4 is 0 Å². The molecule has 74 valence electrons. The molecule has 13 heavy (non-hydrogen) atoms. The van der Waals surface area contributed by atoms with Crippen LogP contribution in [-0.2, 0) is 6.61 Å². The molecule has 2 N–H and O–H groups in total. The molecule has 5 heteroatoms. The van der Waals surface area contributed by atoms with Crippen LogP contribution in [0.2, 0.25) is 0 Å². The van der Waals surface area contributed by atoms with Gasteiger partial charge < -0.3 is 10.2 Å². The molecule has 1 aromatic rings. The number of carboxylic acid groups (broad SMARTS) is 1. The second-order valence-corrected chi connectivity index (χ2v) is 3.18. The highest BCUT2D eigenvalue weighted by Gasteiger charge is 2.13. The summed E-state index contributed by atoms with van der Waals surface area (Å²) >= 11 is 1.08. The first-order valence-electron chi connectivity index (χ1n) is 3.95. The Morgan fingerprint density at radius 1 is 1.54 bits per heavy atom. The van der Waals surface area contributed by atoms with Crippen molar-refractivity contribution in [1.82, 2.24) is 4.98 Å². The van der Waals surface area contributed by atoms with Crippen LogP contribution in [0.1, 0.15) is 34.2 Å². The number of carbonyl (C=O) groups is 1. The Hall–Kier alpha value is -0.940. The predicted molar refractivity (Wildman–Crippen MR) is 51.1 cm³/mol. The molecular weight excluding hydrogens is 190 g/mol. The van der Waals surface area contributed by atoms with Crippen molar-refractivity contribution in [1.29, 1.82) is 0 Å². The van der Waals surface area contributed by atoms with Crippen LogP contribution in [0.4, 0.5) is 0 Å². The number of aromatic nitrogens is 1. The highest BCUT2D eigenvalue weighted by atomic mass is 32.1. The third-order valence-electron chi connectivity index (χ3n) is 1.15. The zero-order valence-electron chi connectivity index (χ0n) is 7.87. The molecule has 0 aliphatic rings. The van der Waals surface area contributed by atoms with Crippen LogP contribution in [0.3, 0.4) is 0 Å². The quantitative estimate of drug-likeness (QED) is 0.767. The molecule has 0 saturated heterocycles. The van der Waals surface area contributed by atoms with Gasteiger partial charge in [0.1, 0.15) is 4.88 Å². The number of hydrogen-bond acceptors (Lipinski definition) is 4. The van der Waals surface area contributed by atoms with Crippen molar-refractivity contribution >= 4 is 17.3 Å². The molecule has 0 bridgehead atoms. The summed E-state index contributed by atoms with van der Waals surface area (Å²) < 4.78 is 0. The zero-order valence-corrected chi connectivity index (χ0v) is 8.68. The highest BCUT2D eigenvalue weighted by Crippen LogP contribution is 2.17. The molecular formula is C8H13NO3S. The van der Waals surface area contributed by atoms with Crippen molar-refractivity contribution in [3.8, 4) is 0 Å². The summed E-state index contributed by atoms with van der Waals surface area (Å²) in [6.45, 7) is 5.39. The van der Waals surface area contributed by atoms with Crippen molar-refractivity contribution in [2.75, 3.05) is 0 Å². The lowest BCUT2D eigenvalue weighted by Gasteiger charge is -1.89. The van der Waals surface area contributed by atoms with E-state index in [1.54, 1.807) is 6.92 Å². The maximum atomic E-state index is 10.5. The van der Waals surface area contributed by atoms with E-state index in [1.165, 1.54) is 0 Å². The summed E-state index contributed by atoms with van der Waals surface area (Å²) in [5.74, 6) is -1.03. The standard InChI is InChI=1S/C6H7NO3S.C2H6/c1-3-7-4(2-8)5(11-3)6(9)10;1-2/h8H,2H2,1H3,(H,9,10);1-2H3. The number of aromatic carboxylic acids is 1. The molecule has 0 aliphatic heterocycles. The van der Waals surface area contributed by atoms with Gasteiger partial charge in [-0.2, -0.15) is 0 Å². The van der Waals surface area contributed by atoms with E-state index in [2.05, 4.69) is 4.98 Å². The highest BCUT2D eigenvalue weighted by molar-refractivity contribution is 7.13. The summed E-state index contributed by atoms with van der Waals surface area (Å²) in [4.78, 5) is 14.4. The molecule has 1 rings (SSSR count). The number of aryl methyl sites for hydroxylation is 1. The Kier molecular flexibility index (Phi) is 5.25. The minimum absolute atomic E-state index is 0.130. The average molecular weight is 203 g/mol. The minimum Gasteiger partial charge on any atom is -0.477 e. The number of aliphatic hydroxyl groups is 1. The second kappa shape index (κ2) is 5.66. The Morgan fingerprint density at radius 2 is 2.08 bits per heavy atom. The van der Waals surface area contributed by atoms with Crippen LogP contribution in [0.5, 0.6) is 0 Å². The Morgan fingerprint density at radius 3 is 2.38 bits per heavy atom. The van der Waals surface area contributed by atoms with Gasteiger partial charge in [0.05, 0.1) is 17.3 Å². The van der Waals surface area contributed by atoms with E-state index in [0.717, 1.165) is 11.3 Å². The average Bonchev–Trinajstić information content (AvgIpc) is 2.50. The predicted octanol–water partition coefficient (Wildman–Crippen LogP) is 1.67. The molecule has 0 radical (unpaired) electrons. The molecule has 0 aromatic carbocycles. The van der Waals surface area contributed by atoms with Crippen molar-refractivity contribution < 1.29 is 15.0 Å². The van der Waals surface area contributed by atoms with E-state index in [4.69, 9.17) is 10.2 Å². The van der Waals surface area contributed by atoms with Gasteiger partial charge in [-0.25, -0.2) is 9.78 Å². The summed E-state index contributed by atoms with van der Waals surface area (Å²) in [7, 11) is 0. The van der Waals surface area contributed by atoms with E-state index in [9.17, 15) is 4.79 Å². The van der Waals surface area contributed by atoms with E-state index in [-0.39, 0.29) is 17.2 Å². The zero-order chi connectivity index (χ0) is 10.4. The van der Waals surface area contributed by atoms with Gasteiger partial charge in [0.25, 0.3) is 0 Å². The minimum atomic E-state index is -1.03. The third kappa shape index (κ3) is 3.12. The molecule has 4 nitrogen and oxygen atoms in total. The van der Waals surface area contributed by atoms with Crippen LogP contribution >= 0.6 is 11.3 Å². The fourth-order valence-electron chi connectivity index (χ4n) is 0.745. The lowest BCUT2D eigenvalue weighted by atomic mass is 10.4. The van der Waals surface area contributed by atoms with Gasteiger partial charge in [-0.1, -0.05) is 13.8 Å². The van der Waals surface area contributed by atoms with Crippen LogP contribution in [0, 0.1) is 6.92 Å². The maximum Gasteiger partial charge on any atom is 0.347 e. The van der Waals surface area contributed by atoms with Crippen molar-refractivity contribution in [2.24, 2.45) is 0 Å². The van der Waals surface area contributed by atoms with Crippen molar-refractivity contribution in [3.63, 3.8) is 0 Å². The Labute approximate surface area is 80.9 Å². The van der Waals surface area contributed by atoms with Gasteiger partial charge in [-0.3, -0.25) is 0 Å². The van der Waals surface area contributed by atoms with E-state index in [0.29, 0.717) is 5.01 Å². The molecule has 0 spiro atoms. The van der Waals surface area contributed by atoms with Crippen LogP contribution in [0.15, 0.2) is 0 Å². The second-order valence-electron chi connectivity index (χ2n) is 1.97. The lowest BCUT2D eigenvalue weighted by Crippen LogP contribution is -1.98. The van der Waals surface area contributed by atoms with Crippen molar-refractivity contribution in [3.05, 3.63) is 15.6 Å². The fraction of sp³-hybridized carbons (Fsp3) is 0.500. The monoisotopic (exact) mass is 203 g/mol. The first kappa shape index (κ1) is 12.1. The number of hydrogen-bond donors (Lipinski definition) is 2. The first-order chi connectivity index (χ1) is 6.15. The lowest BCUT2D eigenvalue weighted by molar-refractivity contribution is 0.0698. The SMILES string of the molecule is CC.Cc1nc(CO)c(C(=O)O)s1. The van der Waals surface area contributed by atoms with Gasteiger partial charge in [-0.15, -0.1) is 11.3 Å². The van der Waals surface area contributed by atoms with Gasteiger partial charge in [0.15, 0.2) is 0 Å². The number of nitrogens with zero attached hydrogens (tertiary/aromatic N) is 1. The molecule has 0 unspecified atom stereocenters. The van der Waals surface area contributed by atoms with E-state index in [1.807, 2.05) is 13.8 Å². The van der Waals surface area contributed by atoms with Crippen molar-refractivity contribution in [2.45, 2.75) is 27.4 Å². The fourth-order valence-corrected chi connectivity index (χ4v) is 1.51. The summed E-state index contributed by atoms with van der Waals surface area (Å²) in [5.41, 5.74) is 0.250. The number of aliphatic hydroxyl groups excluding tert-OH is 1. The first-order valence-corrected chi connectivity index (χ1v) is 4.77. The van der Waals surface area contributed by atoms with Gasteiger partial charge in [0.2, 0.25) is 0 Å². The number of carboxylic acids is 1. The van der Waals surface area contributed by atoms with Crippen LogP contribution in [-0.4, -0.2) is 21.2 Å². The molecule has 1 aromatic heterocycles. The summed E-state index contributed by atoms with van der Waals surface area (Å²) in [6.07, 6.45) is 0.